The molecule has 19 heavy (non-hydrogen) atoms. The van der Waals surface area contributed by atoms with Gasteiger partial charge in [0.25, 0.3) is 0 Å². The number of nitrogens with one attached hydrogen (secondary N) is 1. The molecule has 0 unspecified atom stereocenters. The van der Waals surface area contributed by atoms with Crippen LogP contribution in [0.5, 0.6) is 0 Å². The summed E-state index contributed by atoms with van der Waals surface area (Å²) in [6.45, 7) is 5.86. The summed E-state index contributed by atoms with van der Waals surface area (Å²) in [5, 5.41) is 10.4. The van der Waals surface area contributed by atoms with Crippen LogP contribution in [0.25, 0.3) is 0 Å². The number of thioether (sulfide) groups is 1. The Hall–Kier alpha value is -1.40. The lowest BCUT2D eigenvalue weighted by Crippen LogP contribution is -2.22. The van der Waals surface area contributed by atoms with E-state index in [0.29, 0.717) is 0 Å². The van der Waals surface area contributed by atoms with Gasteiger partial charge in [-0.3, -0.25) is 4.79 Å². The number of hydrogen-bond acceptors (Lipinski definition) is 5. The van der Waals surface area contributed by atoms with E-state index in [0.717, 1.165) is 21.2 Å². The van der Waals surface area contributed by atoms with Crippen LogP contribution in [0.4, 0.5) is 5.69 Å². The first-order valence-electron chi connectivity index (χ1n) is 5.87. The molecule has 100 valence electrons. The minimum atomic E-state index is -0.201. The zero-order valence-corrected chi connectivity index (χ0v) is 12.6. The van der Waals surface area contributed by atoms with E-state index >= 15 is 0 Å². The van der Waals surface area contributed by atoms with E-state index < -0.39 is 0 Å². The number of carbonyl (C=O) groups excluding carboxylic acids is 1. The summed E-state index contributed by atoms with van der Waals surface area (Å²) in [7, 11) is 0. The van der Waals surface area contributed by atoms with Crippen LogP contribution in [0.15, 0.2) is 28.0 Å². The molecule has 1 atom stereocenters. The lowest BCUT2D eigenvalue weighted by Gasteiger charge is -2.12. The van der Waals surface area contributed by atoms with Gasteiger partial charge < -0.3 is 5.32 Å². The number of hydrogen-bond donors (Lipinski definition) is 1. The van der Waals surface area contributed by atoms with Crippen LogP contribution in [0.1, 0.15) is 18.1 Å². The molecular formula is C13H15N3OS2. The first-order valence-corrected chi connectivity index (χ1v) is 7.63. The topological polar surface area (TPSA) is 54.9 Å². The van der Waals surface area contributed by atoms with Gasteiger partial charge in [0.1, 0.15) is 5.51 Å². The standard InChI is InChI=1S/C13H15N3OS2/c1-8-4-5-9(2)11(6-8)15-12(17)10(3)19-13-16-14-7-18-13/h4-7,10H,1-3H3,(H,15,17)/t10-/m1/s1. The Bertz CT molecular complexity index is 569. The van der Waals surface area contributed by atoms with E-state index in [1.807, 2.05) is 39.0 Å². The maximum Gasteiger partial charge on any atom is 0.237 e. The highest BCUT2D eigenvalue weighted by molar-refractivity contribution is 8.02. The number of rotatable bonds is 4. The fourth-order valence-electron chi connectivity index (χ4n) is 1.52. The maximum atomic E-state index is 12.1. The van der Waals surface area contributed by atoms with E-state index in [9.17, 15) is 4.79 Å². The zero-order chi connectivity index (χ0) is 13.8. The van der Waals surface area contributed by atoms with Gasteiger partial charge in [-0.15, -0.1) is 10.2 Å². The van der Waals surface area contributed by atoms with Gasteiger partial charge in [-0.1, -0.05) is 35.2 Å². The van der Waals surface area contributed by atoms with Crippen molar-refractivity contribution in [2.75, 3.05) is 5.32 Å². The second-order valence-electron chi connectivity index (χ2n) is 4.27. The Labute approximate surface area is 120 Å². The van der Waals surface area contributed by atoms with Crippen molar-refractivity contribution in [1.82, 2.24) is 10.2 Å². The van der Waals surface area contributed by atoms with Crippen LogP contribution < -0.4 is 5.32 Å². The molecule has 0 radical (unpaired) electrons. The van der Waals surface area contributed by atoms with Gasteiger partial charge in [0.05, 0.1) is 5.25 Å². The smallest absolute Gasteiger partial charge is 0.237 e. The number of amides is 1. The normalized spacial score (nSPS) is 12.2. The molecule has 0 saturated carbocycles. The van der Waals surface area contributed by atoms with E-state index in [2.05, 4.69) is 15.5 Å². The van der Waals surface area contributed by atoms with Gasteiger partial charge in [0.2, 0.25) is 5.91 Å². The molecule has 2 rings (SSSR count). The minimum absolute atomic E-state index is 0.0195. The molecule has 0 saturated heterocycles. The lowest BCUT2D eigenvalue weighted by atomic mass is 10.1. The first kappa shape index (κ1) is 14.0. The fraction of sp³-hybridized carbons (Fsp3) is 0.308. The maximum absolute atomic E-state index is 12.1. The van der Waals surface area contributed by atoms with Crippen molar-refractivity contribution in [1.29, 1.82) is 0 Å². The molecule has 0 aliphatic carbocycles. The number of nitrogens with zero attached hydrogens (tertiary/aromatic N) is 2. The van der Waals surface area contributed by atoms with Crippen molar-refractivity contribution in [3.63, 3.8) is 0 Å². The van der Waals surface area contributed by atoms with Crippen LogP contribution in [0, 0.1) is 13.8 Å². The van der Waals surface area contributed by atoms with Crippen molar-refractivity contribution in [3.8, 4) is 0 Å². The molecule has 1 aromatic carbocycles. The summed E-state index contributed by atoms with van der Waals surface area (Å²) in [5.74, 6) is -0.0195. The highest BCUT2D eigenvalue weighted by atomic mass is 32.2. The molecule has 0 bridgehead atoms. The molecule has 4 nitrogen and oxygen atoms in total. The summed E-state index contributed by atoms with van der Waals surface area (Å²) < 4.78 is 0.809. The van der Waals surface area contributed by atoms with Crippen LogP contribution in [-0.2, 0) is 4.79 Å². The minimum Gasteiger partial charge on any atom is -0.325 e. The zero-order valence-electron chi connectivity index (χ0n) is 11.0. The molecule has 2 aromatic rings. The number of carbonyl (C=O) groups is 1. The largest absolute Gasteiger partial charge is 0.325 e. The van der Waals surface area contributed by atoms with Gasteiger partial charge in [0, 0.05) is 5.69 Å². The van der Waals surface area contributed by atoms with Crippen LogP contribution in [0.2, 0.25) is 0 Å². The summed E-state index contributed by atoms with van der Waals surface area (Å²) in [6, 6.07) is 6.02. The number of benzene rings is 1. The van der Waals surface area contributed by atoms with Gasteiger partial charge in [-0.25, -0.2) is 0 Å². The predicted molar refractivity (Wildman–Crippen MR) is 79.8 cm³/mol. The summed E-state index contributed by atoms with van der Waals surface area (Å²) in [4.78, 5) is 12.1. The van der Waals surface area contributed by atoms with E-state index in [1.54, 1.807) is 5.51 Å². The number of anilines is 1. The third kappa shape index (κ3) is 3.78. The van der Waals surface area contributed by atoms with Crippen LogP contribution in [0.3, 0.4) is 0 Å². The molecule has 1 heterocycles. The van der Waals surface area contributed by atoms with Gasteiger partial charge >= 0.3 is 0 Å². The molecule has 0 aliphatic heterocycles. The third-order valence-corrected chi connectivity index (χ3v) is 4.55. The van der Waals surface area contributed by atoms with Gasteiger partial charge in [-0.05, 0) is 38.0 Å². The van der Waals surface area contributed by atoms with Crippen molar-refractivity contribution < 1.29 is 4.79 Å². The Morgan fingerprint density at radius 2 is 2.21 bits per heavy atom. The Balaban J connectivity index is 2.02. The second kappa shape index (κ2) is 6.16. The average molecular weight is 293 g/mol. The van der Waals surface area contributed by atoms with Crippen molar-refractivity contribution in [3.05, 3.63) is 34.8 Å². The van der Waals surface area contributed by atoms with E-state index in [-0.39, 0.29) is 11.2 Å². The van der Waals surface area contributed by atoms with Crippen molar-refractivity contribution >= 4 is 34.7 Å². The number of aryl methyl sites for hydroxylation is 2. The summed E-state index contributed by atoms with van der Waals surface area (Å²) in [5.41, 5.74) is 4.73. The summed E-state index contributed by atoms with van der Waals surface area (Å²) in [6.07, 6.45) is 0. The van der Waals surface area contributed by atoms with Crippen molar-refractivity contribution in [2.24, 2.45) is 0 Å². The quantitative estimate of drug-likeness (QED) is 0.879. The third-order valence-electron chi connectivity index (χ3n) is 2.64. The second-order valence-corrected chi connectivity index (χ2v) is 6.69. The molecule has 0 fully saturated rings. The molecule has 1 aromatic heterocycles. The Morgan fingerprint density at radius 1 is 1.42 bits per heavy atom. The molecule has 6 heteroatoms. The van der Waals surface area contributed by atoms with Gasteiger partial charge in [-0.2, -0.15) is 0 Å². The molecule has 0 aliphatic rings. The fourth-order valence-corrected chi connectivity index (χ4v) is 3.15. The average Bonchev–Trinajstić information content (AvgIpc) is 2.86. The predicted octanol–water partition coefficient (Wildman–Crippen LogP) is 3.27. The van der Waals surface area contributed by atoms with Crippen LogP contribution in [-0.4, -0.2) is 21.4 Å². The molecule has 0 spiro atoms. The lowest BCUT2D eigenvalue weighted by molar-refractivity contribution is -0.115. The Kier molecular flexibility index (Phi) is 4.55. The summed E-state index contributed by atoms with van der Waals surface area (Å²) >= 11 is 2.86. The highest BCUT2D eigenvalue weighted by Gasteiger charge is 2.16. The van der Waals surface area contributed by atoms with Crippen molar-refractivity contribution in [2.45, 2.75) is 30.4 Å². The molecular weight excluding hydrogens is 278 g/mol. The highest BCUT2D eigenvalue weighted by Crippen LogP contribution is 2.25. The monoisotopic (exact) mass is 293 g/mol. The first-order chi connectivity index (χ1) is 9.06. The van der Waals surface area contributed by atoms with E-state index in [1.165, 1.54) is 23.1 Å². The molecule has 1 N–H and O–H groups in total. The molecule has 1 amide bonds. The van der Waals surface area contributed by atoms with Crippen LogP contribution >= 0.6 is 23.1 Å². The van der Waals surface area contributed by atoms with E-state index in [4.69, 9.17) is 0 Å². The number of aromatic nitrogens is 2. The SMILES string of the molecule is Cc1ccc(C)c(NC(=O)[C@@H](C)Sc2nncs2)c1. The van der Waals surface area contributed by atoms with Gasteiger partial charge in [0.15, 0.2) is 4.34 Å². The Morgan fingerprint density at radius 3 is 2.89 bits per heavy atom.